The topological polar surface area (TPSA) is 66.6 Å². The zero-order valence-corrected chi connectivity index (χ0v) is 13.2. The SMILES string of the molecule is CC1CCCCN1S(=O)(=O)N1CCC(N)c2ccccc21. The van der Waals surface area contributed by atoms with Crippen molar-refractivity contribution >= 4 is 15.9 Å². The first-order chi connectivity index (χ1) is 10.0. The summed E-state index contributed by atoms with van der Waals surface area (Å²) >= 11 is 0. The van der Waals surface area contributed by atoms with E-state index in [1.54, 1.807) is 8.61 Å². The minimum Gasteiger partial charge on any atom is -0.324 e. The van der Waals surface area contributed by atoms with Gasteiger partial charge >= 0.3 is 10.2 Å². The highest BCUT2D eigenvalue weighted by atomic mass is 32.2. The van der Waals surface area contributed by atoms with Gasteiger partial charge < -0.3 is 5.73 Å². The fourth-order valence-electron chi connectivity index (χ4n) is 3.34. The van der Waals surface area contributed by atoms with Crippen LogP contribution in [0.4, 0.5) is 5.69 Å². The molecule has 2 unspecified atom stereocenters. The molecule has 6 heteroatoms. The first kappa shape index (κ1) is 14.8. The molecule has 21 heavy (non-hydrogen) atoms. The second-order valence-electron chi connectivity index (χ2n) is 5.99. The van der Waals surface area contributed by atoms with E-state index in [0.717, 1.165) is 30.5 Å². The fourth-order valence-corrected chi connectivity index (χ4v) is 5.27. The van der Waals surface area contributed by atoms with E-state index in [4.69, 9.17) is 5.73 Å². The number of anilines is 1. The summed E-state index contributed by atoms with van der Waals surface area (Å²) in [5.74, 6) is 0. The maximum absolute atomic E-state index is 13.0. The van der Waals surface area contributed by atoms with Crippen LogP contribution in [0.15, 0.2) is 24.3 Å². The molecule has 0 bridgehead atoms. The standard InChI is InChI=1S/C15H23N3O2S/c1-12-6-4-5-10-17(12)21(19,20)18-11-9-14(16)13-7-2-3-8-15(13)18/h2-3,7-8,12,14H,4-6,9-11,16H2,1H3. The summed E-state index contributed by atoms with van der Waals surface area (Å²) in [5, 5.41) is 0. The Hall–Kier alpha value is -1.11. The molecule has 0 aliphatic carbocycles. The number of rotatable bonds is 2. The summed E-state index contributed by atoms with van der Waals surface area (Å²) in [7, 11) is -3.46. The third-order valence-electron chi connectivity index (χ3n) is 4.56. The Labute approximate surface area is 126 Å². The van der Waals surface area contributed by atoms with Crippen LogP contribution < -0.4 is 10.0 Å². The van der Waals surface area contributed by atoms with E-state index in [1.807, 2.05) is 31.2 Å². The highest BCUT2D eigenvalue weighted by molar-refractivity contribution is 7.90. The lowest BCUT2D eigenvalue weighted by molar-refractivity contribution is 0.267. The van der Waals surface area contributed by atoms with Crippen molar-refractivity contribution in [3.63, 3.8) is 0 Å². The van der Waals surface area contributed by atoms with Crippen molar-refractivity contribution in [3.8, 4) is 0 Å². The Balaban J connectivity index is 1.98. The van der Waals surface area contributed by atoms with Crippen molar-refractivity contribution < 1.29 is 8.42 Å². The van der Waals surface area contributed by atoms with E-state index >= 15 is 0 Å². The minimum atomic E-state index is -3.46. The smallest absolute Gasteiger partial charge is 0.304 e. The van der Waals surface area contributed by atoms with E-state index in [1.165, 1.54) is 0 Å². The highest BCUT2D eigenvalue weighted by Gasteiger charge is 2.37. The van der Waals surface area contributed by atoms with Crippen LogP contribution in [-0.2, 0) is 10.2 Å². The zero-order chi connectivity index (χ0) is 15.0. The molecule has 116 valence electrons. The molecule has 0 spiro atoms. The monoisotopic (exact) mass is 309 g/mol. The van der Waals surface area contributed by atoms with Crippen LogP contribution >= 0.6 is 0 Å². The lowest BCUT2D eigenvalue weighted by Gasteiger charge is -2.40. The van der Waals surface area contributed by atoms with Crippen molar-refractivity contribution in [2.45, 2.75) is 44.7 Å². The number of hydrogen-bond donors (Lipinski definition) is 1. The van der Waals surface area contributed by atoms with Gasteiger partial charge in [-0.2, -0.15) is 12.7 Å². The molecule has 0 aromatic heterocycles. The summed E-state index contributed by atoms with van der Waals surface area (Å²) in [6, 6.07) is 7.58. The maximum atomic E-state index is 13.0. The summed E-state index contributed by atoms with van der Waals surface area (Å²) in [5.41, 5.74) is 7.79. The van der Waals surface area contributed by atoms with Gasteiger partial charge in [-0.3, -0.25) is 4.31 Å². The maximum Gasteiger partial charge on any atom is 0.304 e. The molecule has 1 aromatic rings. The Kier molecular flexibility index (Phi) is 3.94. The van der Waals surface area contributed by atoms with Crippen LogP contribution in [0, 0.1) is 0 Å². The van der Waals surface area contributed by atoms with Gasteiger partial charge in [-0.25, -0.2) is 0 Å². The van der Waals surface area contributed by atoms with Gasteiger partial charge in [0.25, 0.3) is 0 Å². The normalized spacial score (nSPS) is 27.4. The van der Waals surface area contributed by atoms with Gasteiger partial charge in [-0.15, -0.1) is 0 Å². The van der Waals surface area contributed by atoms with Crippen molar-refractivity contribution in [1.82, 2.24) is 4.31 Å². The molecule has 0 radical (unpaired) electrons. The average Bonchev–Trinajstić information content (AvgIpc) is 2.48. The number of fused-ring (bicyclic) bond motifs is 1. The fraction of sp³-hybridized carbons (Fsp3) is 0.600. The van der Waals surface area contributed by atoms with Gasteiger partial charge in [0.1, 0.15) is 0 Å². The molecule has 5 nitrogen and oxygen atoms in total. The second-order valence-corrected chi connectivity index (χ2v) is 7.79. The number of para-hydroxylation sites is 1. The molecular weight excluding hydrogens is 286 g/mol. The van der Waals surface area contributed by atoms with Crippen LogP contribution in [0.1, 0.15) is 44.2 Å². The van der Waals surface area contributed by atoms with E-state index in [-0.39, 0.29) is 12.1 Å². The lowest BCUT2D eigenvalue weighted by Crippen LogP contribution is -2.51. The van der Waals surface area contributed by atoms with E-state index in [9.17, 15) is 8.42 Å². The summed E-state index contributed by atoms with van der Waals surface area (Å²) in [6.45, 7) is 3.08. The van der Waals surface area contributed by atoms with Crippen molar-refractivity contribution in [1.29, 1.82) is 0 Å². The molecule has 2 N–H and O–H groups in total. The van der Waals surface area contributed by atoms with Crippen molar-refractivity contribution in [2.24, 2.45) is 5.73 Å². The number of benzene rings is 1. The number of hydrogen-bond acceptors (Lipinski definition) is 3. The van der Waals surface area contributed by atoms with Crippen LogP contribution in [0.25, 0.3) is 0 Å². The molecular formula is C15H23N3O2S. The van der Waals surface area contributed by atoms with Crippen molar-refractivity contribution in [2.75, 3.05) is 17.4 Å². The molecule has 3 rings (SSSR count). The summed E-state index contributed by atoms with van der Waals surface area (Å²) < 4.78 is 29.3. The number of nitrogens with two attached hydrogens (primary N) is 1. The molecule has 2 aliphatic rings. The predicted octanol–water partition coefficient (Wildman–Crippen LogP) is 2.02. The van der Waals surface area contributed by atoms with Crippen LogP contribution in [0.3, 0.4) is 0 Å². The molecule has 1 saturated heterocycles. The molecule has 0 amide bonds. The van der Waals surface area contributed by atoms with E-state index in [2.05, 4.69) is 0 Å². The third kappa shape index (κ3) is 2.56. The van der Waals surface area contributed by atoms with Crippen LogP contribution in [0.2, 0.25) is 0 Å². The Bertz CT molecular complexity index is 617. The molecule has 2 heterocycles. The molecule has 1 fully saturated rings. The quantitative estimate of drug-likeness (QED) is 0.909. The van der Waals surface area contributed by atoms with Gasteiger partial charge in [0, 0.05) is 25.2 Å². The van der Waals surface area contributed by atoms with E-state index < -0.39 is 10.2 Å². The number of nitrogens with zero attached hydrogens (tertiary/aromatic N) is 2. The molecule has 2 aliphatic heterocycles. The number of piperidine rings is 1. The largest absolute Gasteiger partial charge is 0.324 e. The first-order valence-corrected chi connectivity index (χ1v) is 9.05. The van der Waals surface area contributed by atoms with E-state index in [0.29, 0.717) is 19.5 Å². The van der Waals surface area contributed by atoms with Crippen molar-refractivity contribution in [3.05, 3.63) is 29.8 Å². The minimum absolute atomic E-state index is 0.0755. The van der Waals surface area contributed by atoms with Crippen LogP contribution in [0.5, 0.6) is 0 Å². The first-order valence-electron chi connectivity index (χ1n) is 7.66. The average molecular weight is 309 g/mol. The zero-order valence-electron chi connectivity index (χ0n) is 12.4. The third-order valence-corrected chi connectivity index (χ3v) is 6.64. The summed E-state index contributed by atoms with van der Waals surface area (Å²) in [6.07, 6.45) is 3.65. The predicted molar refractivity (Wildman–Crippen MR) is 84.3 cm³/mol. The Morgan fingerprint density at radius 3 is 2.67 bits per heavy atom. The highest BCUT2D eigenvalue weighted by Crippen LogP contribution is 2.35. The van der Waals surface area contributed by atoms with Gasteiger partial charge in [0.05, 0.1) is 5.69 Å². The molecule has 2 atom stereocenters. The summed E-state index contributed by atoms with van der Waals surface area (Å²) in [4.78, 5) is 0. The molecule has 1 aromatic carbocycles. The van der Waals surface area contributed by atoms with Crippen LogP contribution in [-0.4, -0.2) is 31.9 Å². The second kappa shape index (κ2) is 5.59. The van der Waals surface area contributed by atoms with Gasteiger partial charge in [-0.1, -0.05) is 24.6 Å². The van der Waals surface area contributed by atoms with Gasteiger partial charge in [0.2, 0.25) is 0 Å². The van der Waals surface area contributed by atoms with Gasteiger partial charge in [-0.05, 0) is 37.8 Å². The lowest BCUT2D eigenvalue weighted by atomic mass is 9.99. The Morgan fingerprint density at radius 2 is 1.90 bits per heavy atom. The molecule has 0 saturated carbocycles. The Morgan fingerprint density at radius 1 is 1.14 bits per heavy atom. The van der Waals surface area contributed by atoms with Gasteiger partial charge in [0.15, 0.2) is 0 Å².